The summed E-state index contributed by atoms with van der Waals surface area (Å²) >= 11 is 0. The molecule has 0 saturated carbocycles. The van der Waals surface area contributed by atoms with Crippen molar-refractivity contribution in [3.05, 3.63) is 71.9 Å². The van der Waals surface area contributed by atoms with Gasteiger partial charge in [0.05, 0.1) is 13.2 Å². The van der Waals surface area contributed by atoms with Gasteiger partial charge in [0.25, 0.3) is 0 Å². The summed E-state index contributed by atoms with van der Waals surface area (Å²) in [5.41, 5.74) is 2.54. The van der Waals surface area contributed by atoms with Crippen molar-refractivity contribution >= 4 is 16.6 Å². The highest BCUT2D eigenvalue weighted by Gasteiger charge is 2.15. The second-order valence-electron chi connectivity index (χ2n) is 6.37. The maximum atomic E-state index is 5.45. The molecule has 0 atom stereocenters. The minimum Gasteiger partial charge on any atom is -0.378 e. The highest BCUT2D eigenvalue weighted by Crippen LogP contribution is 2.19. The molecule has 1 fully saturated rings. The summed E-state index contributed by atoms with van der Waals surface area (Å²) in [7, 11) is 0. The fraction of sp³-hybridized carbons (Fsp3) is 0.286. The van der Waals surface area contributed by atoms with Crippen molar-refractivity contribution in [2.24, 2.45) is 0 Å². The van der Waals surface area contributed by atoms with E-state index in [1.807, 2.05) is 12.3 Å². The van der Waals surface area contributed by atoms with Crippen molar-refractivity contribution < 1.29 is 4.74 Å². The Labute approximate surface area is 148 Å². The van der Waals surface area contributed by atoms with Gasteiger partial charge in [0, 0.05) is 37.9 Å². The molecule has 0 spiro atoms. The molecule has 25 heavy (non-hydrogen) atoms. The van der Waals surface area contributed by atoms with Crippen LogP contribution in [0.2, 0.25) is 0 Å². The van der Waals surface area contributed by atoms with Crippen LogP contribution < -0.4 is 10.2 Å². The third-order valence-electron chi connectivity index (χ3n) is 4.64. The van der Waals surface area contributed by atoms with Crippen LogP contribution in [0.5, 0.6) is 0 Å². The van der Waals surface area contributed by atoms with Gasteiger partial charge >= 0.3 is 0 Å². The van der Waals surface area contributed by atoms with Crippen LogP contribution in [0.4, 0.5) is 5.82 Å². The maximum absolute atomic E-state index is 5.45. The van der Waals surface area contributed by atoms with Crippen molar-refractivity contribution in [2.45, 2.75) is 13.1 Å². The molecule has 0 bridgehead atoms. The van der Waals surface area contributed by atoms with Crippen LogP contribution in [-0.4, -0.2) is 31.3 Å². The minimum absolute atomic E-state index is 0.778. The molecule has 4 heteroatoms. The highest BCUT2D eigenvalue weighted by molar-refractivity contribution is 5.82. The number of pyridine rings is 1. The zero-order valence-electron chi connectivity index (χ0n) is 14.3. The third kappa shape index (κ3) is 3.81. The van der Waals surface area contributed by atoms with Gasteiger partial charge in [-0.25, -0.2) is 4.98 Å². The lowest BCUT2D eigenvalue weighted by atomic mass is 10.1. The Morgan fingerprint density at radius 2 is 1.76 bits per heavy atom. The van der Waals surface area contributed by atoms with Gasteiger partial charge in [-0.1, -0.05) is 42.5 Å². The molecular weight excluding hydrogens is 310 g/mol. The monoisotopic (exact) mass is 333 g/mol. The summed E-state index contributed by atoms with van der Waals surface area (Å²) < 4.78 is 5.45. The van der Waals surface area contributed by atoms with E-state index >= 15 is 0 Å². The van der Waals surface area contributed by atoms with Gasteiger partial charge in [-0.2, -0.15) is 0 Å². The summed E-state index contributed by atoms with van der Waals surface area (Å²) in [4.78, 5) is 6.92. The largest absolute Gasteiger partial charge is 0.378 e. The quantitative estimate of drug-likeness (QED) is 0.777. The van der Waals surface area contributed by atoms with Gasteiger partial charge in [-0.3, -0.25) is 0 Å². The van der Waals surface area contributed by atoms with Crippen LogP contribution in [-0.2, 0) is 17.8 Å². The Hall–Kier alpha value is -2.43. The molecular formula is C21H23N3O. The number of hydrogen-bond acceptors (Lipinski definition) is 4. The molecule has 4 rings (SSSR count). The first kappa shape index (κ1) is 16.1. The molecule has 0 unspecified atom stereocenters. The van der Waals surface area contributed by atoms with Crippen molar-refractivity contribution in [1.82, 2.24) is 10.3 Å². The molecule has 0 amide bonds. The number of fused-ring (bicyclic) bond motifs is 1. The normalized spacial score (nSPS) is 14.8. The fourth-order valence-electron chi connectivity index (χ4n) is 3.32. The van der Waals surface area contributed by atoms with Crippen LogP contribution in [0, 0.1) is 0 Å². The summed E-state index contributed by atoms with van der Waals surface area (Å²) in [6.07, 6.45) is 1.87. The molecule has 1 N–H and O–H groups in total. The second-order valence-corrected chi connectivity index (χ2v) is 6.37. The fourth-order valence-corrected chi connectivity index (χ4v) is 3.32. The number of anilines is 1. The lowest BCUT2D eigenvalue weighted by molar-refractivity contribution is 0.122. The van der Waals surface area contributed by atoms with E-state index in [0.29, 0.717) is 0 Å². The molecule has 1 aliphatic rings. The van der Waals surface area contributed by atoms with Crippen molar-refractivity contribution in [3.63, 3.8) is 0 Å². The number of nitrogens with one attached hydrogen (secondary N) is 1. The lowest BCUT2D eigenvalue weighted by Crippen LogP contribution is -2.37. The zero-order chi connectivity index (χ0) is 16.9. The number of hydrogen-bond donors (Lipinski definition) is 1. The molecule has 3 aromatic rings. The maximum Gasteiger partial charge on any atom is 0.133 e. The Balaban J connectivity index is 1.42. The topological polar surface area (TPSA) is 37.4 Å². The van der Waals surface area contributed by atoms with Gasteiger partial charge in [0.15, 0.2) is 0 Å². The number of nitrogens with zero attached hydrogens (tertiary/aromatic N) is 2. The summed E-state index contributed by atoms with van der Waals surface area (Å²) in [6.45, 7) is 5.04. The standard InChI is InChI=1S/C21H23N3O/c1-2-5-19-14-17(7-8-18(19)4-1)15-22-16-20-6-3-9-23-21(20)24-10-12-25-13-11-24/h1-9,14,22H,10-13,15-16H2. The van der Waals surface area contributed by atoms with Crippen LogP contribution in [0.1, 0.15) is 11.1 Å². The van der Waals surface area contributed by atoms with Crippen LogP contribution >= 0.6 is 0 Å². The average molecular weight is 333 g/mol. The Bertz CT molecular complexity index is 843. The first-order chi connectivity index (χ1) is 12.4. The predicted molar refractivity (Wildman–Crippen MR) is 102 cm³/mol. The smallest absolute Gasteiger partial charge is 0.133 e. The minimum atomic E-state index is 0.778. The van der Waals surface area contributed by atoms with E-state index in [0.717, 1.165) is 45.2 Å². The summed E-state index contributed by atoms with van der Waals surface area (Å²) in [5, 5.41) is 6.14. The van der Waals surface area contributed by atoms with Gasteiger partial charge in [-0.15, -0.1) is 0 Å². The number of ether oxygens (including phenoxy) is 1. The first-order valence-electron chi connectivity index (χ1n) is 8.85. The Morgan fingerprint density at radius 1 is 0.920 bits per heavy atom. The Morgan fingerprint density at radius 3 is 2.64 bits per heavy atom. The molecule has 128 valence electrons. The summed E-state index contributed by atoms with van der Waals surface area (Å²) in [6, 6.07) is 19.3. The van der Waals surface area contributed by atoms with Gasteiger partial charge in [-0.05, 0) is 28.5 Å². The van der Waals surface area contributed by atoms with E-state index in [1.54, 1.807) is 0 Å². The van der Waals surface area contributed by atoms with E-state index in [9.17, 15) is 0 Å². The van der Waals surface area contributed by atoms with Gasteiger partial charge in [0.1, 0.15) is 5.82 Å². The predicted octanol–water partition coefficient (Wildman–Crippen LogP) is 3.36. The van der Waals surface area contributed by atoms with Crippen molar-refractivity contribution in [1.29, 1.82) is 0 Å². The van der Waals surface area contributed by atoms with Crippen molar-refractivity contribution in [2.75, 3.05) is 31.2 Å². The van der Waals surface area contributed by atoms with E-state index in [2.05, 4.69) is 63.7 Å². The highest BCUT2D eigenvalue weighted by atomic mass is 16.5. The molecule has 2 heterocycles. The molecule has 1 aromatic heterocycles. The third-order valence-corrected chi connectivity index (χ3v) is 4.64. The van der Waals surface area contributed by atoms with Crippen LogP contribution in [0.3, 0.4) is 0 Å². The van der Waals surface area contributed by atoms with Crippen LogP contribution in [0.15, 0.2) is 60.8 Å². The van der Waals surface area contributed by atoms with Crippen LogP contribution in [0.25, 0.3) is 10.8 Å². The average Bonchev–Trinajstić information content (AvgIpc) is 2.69. The van der Waals surface area contributed by atoms with E-state index in [1.165, 1.54) is 21.9 Å². The molecule has 1 aliphatic heterocycles. The Kier molecular flexibility index (Phi) is 4.91. The van der Waals surface area contributed by atoms with Crippen molar-refractivity contribution in [3.8, 4) is 0 Å². The number of morpholine rings is 1. The van der Waals surface area contributed by atoms with E-state index in [-0.39, 0.29) is 0 Å². The zero-order valence-corrected chi connectivity index (χ0v) is 14.3. The second kappa shape index (κ2) is 7.64. The number of aromatic nitrogens is 1. The van der Waals surface area contributed by atoms with E-state index < -0.39 is 0 Å². The molecule has 0 aliphatic carbocycles. The number of rotatable bonds is 5. The lowest BCUT2D eigenvalue weighted by Gasteiger charge is -2.29. The first-order valence-corrected chi connectivity index (χ1v) is 8.85. The SMILES string of the molecule is c1cnc(N2CCOCC2)c(CNCc2ccc3ccccc3c2)c1. The van der Waals surface area contributed by atoms with E-state index in [4.69, 9.17) is 4.74 Å². The molecule has 0 radical (unpaired) electrons. The number of benzene rings is 2. The summed E-state index contributed by atoms with van der Waals surface area (Å²) in [5.74, 6) is 1.08. The molecule has 4 nitrogen and oxygen atoms in total. The van der Waals surface area contributed by atoms with Gasteiger partial charge in [0.2, 0.25) is 0 Å². The molecule has 2 aromatic carbocycles. The van der Waals surface area contributed by atoms with Gasteiger partial charge < -0.3 is 15.0 Å². The molecule has 1 saturated heterocycles.